The van der Waals surface area contributed by atoms with Crippen molar-refractivity contribution in [3.8, 4) is 0 Å². The largest absolute Gasteiger partial charge is 0.445 e. The van der Waals surface area contributed by atoms with Crippen LogP contribution < -0.4 is 0 Å². The van der Waals surface area contributed by atoms with Crippen molar-refractivity contribution < 1.29 is 22.1 Å². The van der Waals surface area contributed by atoms with E-state index in [2.05, 4.69) is 0 Å². The van der Waals surface area contributed by atoms with Gasteiger partial charge in [0.15, 0.2) is 0 Å². The molecule has 0 atom stereocenters. The van der Waals surface area contributed by atoms with Gasteiger partial charge in [0.05, 0.1) is 12.4 Å². The molecule has 2 aliphatic rings. The van der Waals surface area contributed by atoms with Crippen LogP contribution in [0.1, 0.15) is 44.1 Å². The Morgan fingerprint density at radius 3 is 2.19 bits per heavy atom. The lowest BCUT2D eigenvalue weighted by Crippen LogP contribution is -2.41. The number of nitrogens with zero attached hydrogens (tertiary/aromatic N) is 1. The molecule has 0 N–H and O–H groups in total. The molecule has 0 radical (unpaired) electrons. The fourth-order valence-corrected chi connectivity index (χ4v) is 4.95. The van der Waals surface area contributed by atoms with Gasteiger partial charge in [-0.3, -0.25) is 4.18 Å². The number of likely N-dealkylation sites (tertiary alicyclic amines) is 1. The third kappa shape index (κ3) is 6.21. The number of rotatable bonds is 5. The first-order valence-corrected chi connectivity index (χ1v) is 11.6. The van der Waals surface area contributed by atoms with Gasteiger partial charge >= 0.3 is 6.09 Å². The maximum absolute atomic E-state index is 12.3. The standard InChI is InChI=1S/C20H29NO5S/c1-27(23,24)26-19-9-7-17(8-10-19)18-11-13-21(14-12-18)20(22)25-15-16-5-3-2-4-6-16/h2-6,17-19H,7-15H2,1H3. The number of hydrogen-bond donors (Lipinski definition) is 0. The van der Waals surface area contributed by atoms with Gasteiger partial charge in [-0.25, -0.2) is 4.79 Å². The van der Waals surface area contributed by atoms with Gasteiger partial charge < -0.3 is 9.64 Å². The van der Waals surface area contributed by atoms with Crippen molar-refractivity contribution >= 4 is 16.2 Å². The maximum atomic E-state index is 12.3. The van der Waals surface area contributed by atoms with Crippen LogP contribution in [0.2, 0.25) is 0 Å². The van der Waals surface area contributed by atoms with E-state index in [1.54, 1.807) is 4.90 Å². The molecule has 1 amide bonds. The Kier molecular flexibility index (Phi) is 6.76. The second kappa shape index (κ2) is 9.06. The first kappa shape index (κ1) is 20.1. The van der Waals surface area contributed by atoms with Crippen LogP contribution in [0.25, 0.3) is 0 Å². The fourth-order valence-electron chi connectivity index (χ4n) is 4.27. The summed E-state index contributed by atoms with van der Waals surface area (Å²) in [5.41, 5.74) is 0.994. The number of ether oxygens (including phenoxy) is 1. The lowest BCUT2D eigenvalue weighted by Gasteiger charge is -2.38. The molecule has 1 aromatic rings. The van der Waals surface area contributed by atoms with Crippen LogP contribution in [0.5, 0.6) is 0 Å². The Bertz CT molecular complexity index is 705. The van der Waals surface area contributed by atoms with Crippen molar-refractivity contribution in [2.45, 2.75) is 51.2 Å². The van der Waals surface area contributed by atoms with Crippen molar-refractivity contribution in [2.75, 3.05) is 19.3 Å². The molecule has 6 nitrogen and oxygen atoms in total. The summed E-state index contributed by atoms with van der Waals surface area (Å²) in [6.07, 6.45) is 6.31. The summed E-state index contributed by atoms with van der Waals surface area (Å²) in [5, 5.41) is 0. The van der Waals surface area contributed by atoms with E-state index in [1.165, 1.54) is 0 Å². The van der Waals surface area contributed by atoms with Crippen molar-refractivity contribution in [3.63, 3.8) is 0 Å². The first-order chi connectivity index (χ1) is 12.9. The Morgan fingerprint density at radius 2 is 1.59 bits per heavy atom. The van der Waals surface area contributed by atoms with Crippen molar-refractivity contribution in [2.24, 2.45) is 11.8 Å². The van der Waals surface area contributed by atoms with Gasteiger partial charge in [0, 0.05) is 13.1 Å². The molecule has 150 valence electrons. The SMILES string of the molecule is CS(=O)(=O)OC1CCC(C2CCN(C(=O)OCc3ccccc3)CC2)CC1. The van der Waals surface area contributed by atoms with Crippen LogP contribution in [0.15, 0.2) is 30.3 Å². The van der Waals surface area contributed by atoms with Crippen molar-refractivity contribution in [1.82, 2.24) is 4.90 Å². The Morgan fingerprint density at radius 1 is 1.00 bits per heavy atom. The molecular weight excluding hydrogens is 366 g/mol. The topological polar surface area (TPSA) is 72.9 Å². The van der Waals surface area contributed by atoms with E-state index in [0.29, 0.717) is 18.4 Å². The zero-order valence-corrected chi connectivity index (χ0v) is 16.7. The van der Waals surface area contributed by atoms with Gasteiger partial charge in [0.25, 0.3) is 10.1 Å². The van der Waals surface area contributed by atoms with Crippen LogP contribution in [-0.2, 0) is 25.6 Å². The minimum atomic E-state index is -3.37. The predicted molar refractivity (Wildman–Crippen MR) is 103 cm³/mol. The molecule has 0 spiro atoms. The number of hydrogen-bond acceptors (Lipinski definition) is 5. The van der Waals surface area contributed by atoms with Crippen LogP contribution in [0, 0.1) is 11.8 Å². The minimum Gasteiger partial charge on any atom is -0.445 e. The van der Waals surface area contributed by atoms with Crippen molar-refractivity contribution in [1.29, 1.82) is 0 Å². The zero-order chi connectivity index (χ0) is 19.3. The number of carbonyl (C=O) groups excluding carboxylic acids is 1. The molecule has 1 aliphatic carbocycles. The molecule has 2 fully saturated rings. The molecule has 1 heterocycles. The molecule has 1 aromatic carbocycles. The number of piperidine rings is 1. The molecule has 27 heavy (non-hydrogen) atoms. The van der Waals surface area contributed by atoms with Gasteiger partial charge in [-0.1, -0.05) is 30.3 Å². The van der Waals surface area contributed by atoms with Crippen LogP contribution in [0.4, 0.5) is 4.79 Å². The molecule has 0 bridgehead atoms. The highest BCUT2D eigenvalue weighted by atomic mass is 32.2. The first-order valence-electron chi connectivity index (χ1n) is 9.74. The highest BCUT2D eigenvalue weighted by Gasteiger charge is 2.32. The Labute approximate surface area is 162 Å². The maximum Gasteiger partial charge on any atom is 0.410 e. The van der Waals surface area contributed by atoms with Crippen LogP contribution in [-0.4, -0.2) is 44.9 Å². The zero-order valence-electron chi connectivity index (χ0n) is 15.9. The van der Waals surface area contributed by atoms with E-state index >= 15 is 0 Å². The summed E-state index contributed by atoms with van der Waals surface area (Å²) in [6.45, 7) is 1.78. The monoisotopic (exact) mass is 395 g/mol. The summed E-state index contributed by atoms with van der Waals surface area (Å²) in [6, 6.07) is 9.71. The average Bonchev–Trinajstić information content (AvgIpc) is 2.66. The second-order valence-electron chi connectivity index (χ2n) is 7.70. The molecule has 7 heteroatoms. The summed E-state index contributed by atoms with van der Waals surface area (Å²) in [5.74, 6) is 1.20. The van der Waals surface area contributed by atoms with Gasteiger partial charge in [0.1, 0.15) is 6.61 Å². The van der Waals surface area contributed by atoms with Gasteiger partial charge in [-0.05, 0) is 55.9 Å². The Hall–Kier alpha value is -1.60. The van der Waals surface area contributed by atoms with Crippen molar-refractivity contribution in [3.05, 3.63) is 35.9 Å². The molecular formula is C20H29NO5S. The molecule has 3 rings (SSSR count). The molecule has 1 saturated carbocycles. The smallest absolute Gasteiger partial charge is 0.410 e. The van der Waals surface area contributed by atoms with Gasteiger partial charge in [0.2, 0.25) is 0 Å². The van der Waals surface area contributed by atoms with Crippen LogP contribution in [0.3, 0.4) is 0 Å². The lowest BCUT2D eigenvalue weighted by atomic mass is 9.75. The highest BCUT2D eigenvalue weighted by Crippen LogP contribution is 2.37. The third-order valence-corrected chi connectivity index (χ3v) is 6.32. The van der Waals surface area contributed by atoms with E-state index in [9.17, 15) is 13.2 Å². The number of carbonyl (C=O) groups is 1. The molecule has 0 unspecified atom stereocenters. The molecule has 1 saturated heterocycles. The fraction of sp³-hybridized carbons (Fsp3) is 0.650. The third-order valence-electron chi connectivity index (χ3n) is 5.70. The normalized spacial score (nSPS) is 24.6. The van der Waals surface area contributed by atoms with E-state index in [1.807, 2.05) is 30.3 Å². The van der Waals surface area contributed by atoms with Gasteiger partial charge in [-0.2, -0.15) is 8.42 Å². The summed E-state index contributed by atoms with van der Waals surface area (Å²) < 4.78 is 33.1. The summed E-state index contributed by atoms with van der Waals surface area (Å²) >= 11 is 0. The lowest BCUT2D eigenvalue weighted by molar-refractivity contribution is 0.0623. The van der Waals surface area contributed by atoms with E-state index < -0.39 is 10.1 Å². The van der Waals surface area contributed by atoms with E-state index in [-0.39, 0.29) is 12.2 Å². The summed E-state index contributed by atoms with van der Waals surface area (Å²) in [4.78, 5) is 14.1. The Balaban J connectivity index is 1.38. The van der Waals surface area contributed by atoms with E-state index in [0.717, 1.165) is 63.4 Å². The molecule has 0 aromatic heterocycles. The average molecular weight is 396 g/mol. The second-order valence-corrected chi connectivity index (χ2v) is 9.30. The van der Waals surface area contributed by atoms with Gasteiger partial charge in [-0.15, -0.1) is 0 Å². The quantitative estimate of drug-likeness (QED) is 0.713. The predicted octanol–water partition coefficient (Wildman–Crippen LogP) is 3.57. The molecule has 1 aliphatic heterocycles. The van der Waals surface area contributed by atoms with Crippen LogP contribution >= 0.6 is 0 Å². The summed E-state index contributed by atoms with van der Waals surface area (Å²) in [7, 11) is -3.37. The number of benzene rings is 1. The highest BCUT2D eigenvalue weighted by molar-refractivity contribution is 7.86. The van der Waals surface area contributed by atoms with E-state index in [4.69, 9.17) is 8.92 Å². The number of amides is 1. The minimum absolute atomic E-state index is 0.163.